The van der Waals surface area contributed by atoms with Crippen molar-refractivity contribution in [3.8, 4) is 0 Å². The molecule has 0 saturated carbocycles. The first-order valence-electron chi connectivity index (χ1n) is 6.13. The summed E-state index contributed by atoms with van der Waals surface area (Å²) < 4.78 is 52.3. The van der Waals surface area contributed by atoms with Crippen LogP contribution < -0.4 is 10.5 Å². The van der Waals surface area contributed by atoms with Crippen LogP contribution >= 0.6 is 0 Å². The number of sulfonamides is 1. The third-order valence-electron chi connectivity index (χ3n) is 2.78. The van der Waals surface area contributed by atoms with E-state index in [0.29, 0.717) is 18.2 Å². The van der Waals surface area contributed by atoms with Crippen LogP contribution in [0.15, 0.2) is 42.5 Å². The normalized spacial score (nSPS) is 11.4. The molecule has 0 fully saturated rings. The van der Waals surface area contributed by atoms with Gasteiger partial charge in [0.1, 0.15) is 11.6 Å². The Balaban J connectivity index is 2.18. The molecule has 2 aromatic rings. The lowest BCUT2D eigenvalue weighted by Gasteiger charge is -2.09. The first-order valence-corrected chi connectivity index (χ1v) is 7.78. The number of halogens is 2. The van der Waals surface area contributed by atoms with Crippen molar-refractivity contribution in [2.24, 2.45) is 5.73 Å². The number of nitrogens with one attached hydrogen (secondary N) is 1. The fourth-order valence-corrected chi connectivity index (χ4v) is 3.03. The first kappa shape index (κ1) is 15.4. The average Bonchev–Trinajstić information content (AvgIpc) is 2.41. The molecule has 0 aliphatic heterocycles. The SMILES string of the molecule is NCc1cccc(CS(=O)(=O)Nc2ccc(F)cc2F)c1. The highest BCUT2D eigenvalue weighted by atomic mass is 32.2. The van der Waals surface area contributed by atoms with E-state index in [0.717, 1.165) is 17.7 Å². The lowest BCUT2D eigenvalue weighted by Crippen LogP contribution is -2.16. The van der Waals surface area contributed by atoms with E-state index in [9.17, 15) is 17.2 Å². The van der Waals surface area contributed by atoms with Gasteiger partial charge in [0.05, 0.1) is 11.4 Å². The molecule has 0 aliphatic carbocycles. The van der Waals surface area contributed by atoms with Gasteiger partial charge in [0.2, 0.25) is 10.0 Å². The third kappa shape index (κ3) is 4.24. The van der Waals surface area contributed by atoms with Gasteiger partial charge >= 0.3 is 0 Å². The third-order valence-corrected chi connectivity index (χ3v) is 4.02. The summed E-state index contributed by atoms with van der Waals surface area (Å²) >= 11 is 0. The Kier molecular flexibility index (Phi) is 4.54. The molecule has 21 heavy (non-hydrogen) atoms. The summed E-state index contributed by atoms with van der Waals surface area (Å²) in [5.74, 6) is -2.06. The van der Waals surface area contributed by atoms with E-state index in [2.05, 4.69) is 4.72 Å². The van der Waals surface area contributed by atoms with E-state index >= 15 is 0 Å². The van der Waals surface area contributed by atoms with Crippen LogP contribution in [0.4, 0.5) is 14.5 Å². The van der Waals surface area contributed by atoms with Crippen molar-refractivity contribution in [1.82, 2.24) is 0 Å². The van der Waals surface area contributed by atoms with Crippen molar-refractivity contribution in [3.63, 3.8) is 0 Å². The van der Waals surface area contributed by atoms with Gasteiger partial charge in [-0.05, 0) is 23.3 Å². The summed E-state index contributed by atoms with van der Waals surface area (Å²) in [5, 5.41) is 0. The summed E-state index contributed by atoms with van der Waals surface area (Å²) in [5.41, 5.74) is 6.54. The summed E-state index contributed by atoms with van der Waals surface area (Å²) in [6.45, 7) is 0.300. The number of benzene rings is 2. The Morgan fingerprint density at radius 3 is 2.43 bits per heavy atom. The van der Waals surface area contributed by atoms with Crippen molar-refractivity contribution in [3.05, 3.63) is 65.2 Å². The van der Waals surface area contributed by atoms with Crippen LogP contribution in [0.25, 0.3) is 0 Å². The van der Waals surface area contributed by atoms with Crippen molar-refractivity contribution in [1.29, 1.82) is 0 Å². The predicted octanol–water partition coefficient (Wildman–Crippen LogP) is 2.37. The van der Waals surface area contributed by atoms with E-state index in [1.54, 1.807) is 24.3 Å². The molecule has 0 heterocycles. The van der Waals surface area contributed by atoms with E-state index in [-0.39, 0.29) is 11.4 Å². The second kappa shape index (κ2) is 6.19. The van der Waals surface area contributed by atoms with E-state index in [1.165, 1.54) is 0 Å². The molecule has 4 nitrogen and oxygen atoms in total. The van der Waals surface area contributed by atoms with Gasteiger partial charge in [0, 0.05) is 12.6 Å². The molecule has 0 amide bonds. The van der Waals surface area contributed by atoms with Crippen molar-refractivity contribution >= 4 is 15.7 Å². The number of nitrogens with two attached hydrogens (primary N) is 1. The zero-order valence-corrected chi connectivity index (χ0v) is 11.8. The minimum atomic E-state index is -3.80. The lowest BCUT2D eigenvalue weighted by atomic mass is 10.1. The highest BCUT2D eigenvalue weighted by Crippen LogP contribution is 2.18. The van der Waals surface area contributed by atoms with E-state index in [4.69, 9.17) is 5.73 Å². The maximum absolute atomic E-state index is 13.5. The number of rotatable bonds is 5. The summed E-state index contributed by atoms with van der Waals surface area (Å²) in [6.07, 6.45) is 0. The molecule has 0 radical (unpaired) electrons. The van der Waals surface area contributed by atoms with Crippen LogP contribution in [-0.4, -0.2) is 8.42 Å². The first-order chi connectivity index (χ1) is 9.89. The molecule has 0 spiro atoms. The molecule has 7 heteroatoms. The molecule has 112 valence electrons. The summed E-state index contributed by atoms with van der Waals surface area (Å²) in [7, 11) is -3.80. The monoisotopic (exact) mass is 312 g/mol. The summed E-state index contributed by atoms with van der Waals surface area (Å²) in [4.78, 5) is 0. The van der Waals surface area contributed by atoms with E-state index < -0.39 is 21.7 Å². The molecule has 0 atom stereocenters. The molecular weight excluding hydrogens is 298 g/mol. The smallest absolute Gasteiger partial charge is 0.237 e. The van der Waals surface area contributed by atoms with Gasteiger partial charge in [0.25, 0.3) is 0 Å². The summed E-state index contributed by atoms with van der Waals surface area (Å²) in [6, 6.07) is 9.43. The molecular formula is C14H14F2N2O2S. The molecule has 0 aliphatic rings. The van der Waals surface area contributed by atoms with Gasteiger partial charge in [-0.3, -0.25) is 4.72 Å². The van der Waals surface area contributed by atoms with Crippen LogP contribution in [0.3, 0.4) is 0 Å². The van der Waals surface area contributed by atoms with Crippen LogP contribution in [0.2, 0.25) is 0 Å². The van der Waals surface area contributed by atoms with Crippen molar-refractivity contribution in [2.45, 2.75) is 12.3 Å². The second-order valence-electron chi connectivity index (χ2n) is 4.51. The maximum atomic E-state index is 13.5. The Morgan fingerprint density at radius 2 is 1.76 bits per heavy atom. The molecule has 0 saturated heterocycles. The molecule has 3 N–H and O–H groups in total. The topological polar surface area (TPSA) is 72.2 Å². The fourth-order valence-electron chi connectivity index (χ4n) is 1.84. The van der Waals surface area contributed by atoms with Crippen LogP contribution in [0, 0.1) is 11.6 Å². The predicted molar refractivity (Wildman–Crippen MR) is 76.9 cm³/mol. The molecule has 0 bridgehead atoms. The van der Waals surface area contributed by atoms with Gasteiger partial charge < -0.3 is 5.73 Å². The molecule has 0 unspecified atom stereocenters. The van der Waals surface area contributed by atoms with Crippen molar-refractivity contribution in [2.75, 3.05) is 4.72 Å². The molecule has 0 aromatic heterocycles. The molecule has 2 aromatic carbocycles. The Bertz CT molecular complexity index is 748. The fraction of sp³-hybridized carbons (Fsp3) is 0.143. The van der Waals surface area contributed by atoms with Gasteiger partial charge in [0.15, 0.2) is 0 Å². The quantitative estimate of drug-likeness (QED) is 0.890. The lowest BCUT2D eigenvalue weighted by molar-refractivity contribution is 0.582. The van der Waals surface area contributed by atoms with Gasteiger partial charge in [-0.2, -0.15) is 0 Å². The zero-order chi connectivity index (χ0) is 15.5. The van der Waals surface area contributed by atoms with Gasteiger partial charge in [-0.25, -0.2) is 17.2 Å². The molecule has 2 rings (SSSR count). The van der Waals surface area contributed by atoms with Crippen LogP contribution in [-0.2, 0) is 22.3 Å². The van der Waals surface area contributed by atoms with E-state index in [1.807, 2.05) is 0 Å². The number of hydrogen-bond donors (Lipinski definition) is 2. The number of anilines is 1. The minimum Gasteiger partial charge on any atom is -0.326 e. The number of hydrogen-bond acceptors (Lipinski definition) is 3. The second-order valence-corrected chi connectivity index (χ2v) is 6.23. The Morgan fingerprint density at radius 1 is 1.05 bits per heavy atom. The van der Waals surface area contributed by atoms with Crippen LogP contribution in [0.5, 0.6) is 0 Å². The maximum Gasteiger partial charge on any atom is 0.237 e. The van der Waals surface area contributed by atoms with Gasteiger partial charge in [-0.15, -0.1) is 0 Å². The Hall–Kier alpha value is -1.99. The Labute approximate surface area is 121 Å². The standard InChI is InChI=1S/C14H14F2N2O2S/c15-12-4-5-14(13(16)7-12)18-21(19,20)9-11-3-1-2-10(6-11)8-17/h1-7,18H,8-9,17H2. The average molecular weight is 312 g/mol. The van der Waals surface area contributed by atoms with Crippen LogP contribution in [0.1, 0.15) is 11.1 Å². The minimum absolute atomic E-state index is 0.286. The van der Waals surface area contributed by atoms with Crippen molar-refractivity contribution < 1.29 is 17.2 Å². The largest absolute Gasteiger partial charge is 0.326 e. The highest BCUT2D eigenvalue weighted by molar-refractivity contribution is 7.91. The van der Waals surface area contributed by atoms with Gasteiger partial charge in [-0.1, -0.05) is 24.3 Å². The highest BCUT2D eigenvalue weighted by Gasteiger charge is 2.15. The zero-order valence-electron chi connectivity index (χ0n) is 11.0.